The molecule has 4 nitrogen and oxygen atoms in total. The molecule has 4 heteroatoms. The fourth-order valence-electron chi connectivity index (χ4n) is 2.72. The third-order valence-corrected chi connectivity index (χ3v) is 4.20. The SMILES string of the molecule is Cc1ccc(N=Nc2ccc(N=Nc3cccc4ccccc34)cc2)cc1. The molecule has 0 amide bonds. The van der Waals surface area contributed by atoms with Crippen LogP contribution in [-0.2, 0) is 0 Å². The molecule has 0 aromatic heterocycles. The molecule has 0 heterocycles. The van der Waals surface area contributed by atoms with Crippen molar-refractivity contribution in [1.29, 1.82) is 0 Å². The maximum absolute atomic E-state index is 4.41. The predicted octanol–water partition coefficient (Wildman–Crippen LogP) is 7.98. The van der Waals surface area contributed by atoms with Crippen molar-refractivity contribution in [2.75, 3.05) is 0 Å². The van der Waals surface area contributed by atoms with Crippen LogP contribution < -0.4 is 0 Å². The highest BCUT2D eigenvalue weighted by Crippen LogP contribution is 2.28. The number of aryl methyl sites for hydroxylation is 1. The summed E-state index contributed by atoms with van der Waals surface area (Å²) >= 11 is 0. The molecule has 0 N–H and O–H groups in total. The quantitative estimate of drug-likeness (QED) is 0.335. The summed E-state index contributed by atoms with van der Waals surface area (Å²) in [5, 5.41) is 19.5. The number of hydrogen-bond donors (Lipinski definition) is 0. The van der Waals surface area contributed by atoms with Gasteiger partial charge in [-0.3, -0.25) is 0 Å². The second-order valence-corrected chi connectivity index (χ2v) is 6.25. The minimum absolute atomic E-state index is 0.775. The number of hydrogen-bond acceptors (Lipinski definition) is 4. The Morgan fingerprint density at radius 3 is 1.67 bits per heavy atom. The summed E-state index contributed by atoms with van der Waals surface area (Å²) in [4.78, 5) is 0. The summed E-state index contributed by atoms with van der Waals surface area (Å²) in [5.74, 6) is 0. The molecule has 0 aliphatic heterocycles. The van der Waals surface area contributed by atoms with E-state index in [0.717, 1.165) is 33.5 Å². The van der Waals surface area contributed by atoms with Crippen LogP contribution in [0.25, 0.3) is 10.8 Å². The summed E-state index contributed by atoms with van der Waals surface area (Å²) in [7, 11) is 0. The van der Waals surface area contributed by atoms with Gasteiger partial charge in [-0.25, -0.2) is 0 Å². The first-order valence-electron chi connectivity index (χ1n) is 8.76. The normalized spacial score (nSPS) is 11.6. The number of benzene rings is 4. The highest BCUT2D eigenvalue weighted by molar-refractivity contribution is 5.92. The predicted molar refractivity (Wildman–Crippen MR) is 110 cm³/mol. The van der Waals surface area contributed by atoms with Gasteiger partial charge in [0.2, 0.25) is 0 Å². The second-order valence-electron chi connectivity index (χ2n) is 6.25. The third-order valence-electron chi connectivity index (χ3n) is 4.20. The minimum atomic E-state index is 0.775. The fraction of sp³-hybridized carbons (Fsp3) is 0.0435. The van der Waals surface area contributed by atoms with E-state index in [0.29, 0.717) is 0 Å². The molecule has 0 aliphatic rings. The number of azo groups is 2. The molecule has 4 rings (SSSR count). The maximum atomic E-state index is 4.41. The Hall–Kier alpha value is -3.66. The molecule has 0 bridgehead atoms. The molecular formula is C23H18N4. The van der Waals surface area contributed by atoms with E-state index >= 15 is 0 Å². The van der Waals surface area contributed by atoms with Crippen molar-refractivity contribution in [1.82, 2.24) is 0 Å². The van der Waals surface area contributed by atoms with Crippen molar-refractivity contribution in [2.24, 2.45) is 20.5 Å². The van der Waals surface area contributed by atoms with Gasteiger partial charge in [0, 0.05) is 5.39 Å². The summed E-state index contributed by atoms with van der Waals surface area (Å²) < 4.78 is 0. The Labute approximate surface area is 157 Å². The molecule has 0 saturated carbocycles. The number of rotatable bonds is 4. The Balaban J connectivity index is 1.50. The Morgan fingerprint density at radius 1 is 0.481 bits per heavy atom. The van der Waals surface area contributed by atoms with Gasteiger partial charge in [-0.05, 0) is 54.8 Å². The molecule has 4 aromatic rings. The van der Waals surface area contributed by atoms with Crippen LogP contribution in [0.3, 0.4) is 0 Å². The molecule has 27 heavy (non-hydrogen) atoms. The van der Waals surface area contributed by atoms with Crippen molar-refractivity contribution >= 4 is 33.5 Å². The van der Waals surface area contributed by atoms with Gasteiger partial charge in [-0.15, -0.1) is 5.11 Å². The van der Waals surface area contributed by atoms with Crippen LogP contribution in [0.2, 0.25) is 0 Å². The lowest BCUT2D eigenvalue weighted by molar-refractivity contribution is 1.21. The molecule has 130 valence electrons. The van der Waals surface area contributed by atoms with Gasteiger partial charge in [0.05, 0.1) is 22.7 Å². The Kier molecular flexibility index (Phi) is 4.79. The second kappa shape index (κ2) is 7.70. The zero-order chi connectivity index (χ0) is 18.5. The first-order chi connectivity index (χ1) is 13.3. The molecule has 0 radical (unpaired) electrons. The third kappa shape index (κ3) is 4.12. The van der Waals surface area contributed by atoms with Gasteiger partial charge in [0.25, 0.3) is 0 Å². The number of nitrogens with zero attached hydrogens (tertiary/aromatic N) is 4. The van der Waals surface area contributed by atoms with E-state index in [1.54, 1.807) is 0 Å². The first-order valence-corrected chi connectivity index (χ1v) is 8.76. The van der Waals surface area contributed by atoms with Crippen molar-refractivity contribution in [2.45, 2.75) is 6.92 Å². The van der Waals surface area contributed by atoms with Crippen LogP contribution in [-0.4, -0.2) is 0 Å². The highest BCUT2D eigenvalue weighted by atomic mass is 15.1. The van der Waals surface area contributed by atoms with Crippen LogP contribution in [0.15, 0.2) is 111 Å². The lowest BCUT2D eigenvalue weighted by Gasteiger charge is -2.00. The van der Waals surface area contributed by atoms with Gasteiger partial charge < -0.3 is 0 Å². The molecule has 0 atom stereocenters. The van der Waals surface area contributed by atoms with Crippen molar-refractivity contribution in [3.63, 3.8) is 0 Å². The van der Waals surface area contributed by atoms with Crippen molar-refractivity contribution in [3.05, 3.63) is 96.6 Å². The summed E-state index contributed by atoms with van der Waals surface area (Å²) in [5.41, 5.74) is 4.45. The molecule has 0 fully saturated rings. The van der Waals surface area contributed by atoms with Gasteiger partial charge in [-0.2, -0.15) is 15.3 Å². The van der Waals surface area contributed by atoms with E-state index in [1.165, 1.54) is 5.56 Å². The summed E-state index contributed by atoms with van der Waals surface area (Å²) in [6, 6.07) is 29.7. The van der Waals surface area contributed by atoms with Crippen LogP contribution in [0.4, 0.5) is 22.7 Å². The van der Waals surface area contributed by atoms with E-state index in [-0.39, 0.29) is 0 Å². The minimum Gasteiger partial charge on any atom is -0.151 e. The summed E-state index contributed by atoms with van der Waals surface area (Å²) in [6.45, 7) is 2.05. The standard InChI is InChI=1S/C23H18N4/c1-17-9-11-19(12-10-17)24-25-20-13-15-21(16-14-20)26-27-23-8-4-6-18-5-2-3-7-22(18)23/h2-16H,1H3. The van der Waals surface area contributed by atoms with Crippen molar-refractivity contribution in [3.8, 4) is 0 Å². The first kappa shape index (κ1) is 16.8. The van der Waals surface area contributed by atoms with Crippen LogP contribution >= 0.6 is 0 Å². The fourth-order valence-corrected chi connectivity index (χ4v) is 2.72. The van der Waals surface area contributed by atoms with Gasteiger partial charge in [0.15, 0.2) is 0 Å². The highest BCUT2D eigenvalue weighted by Gasteiger charge is 1.99. The molecule has 0 saturated heterocycles. The van der Waals surface area contributed by atoms with E-state index < -0.39 is 0 Å². The van der Waals surface area contributed by atoms with E-state index in [2.05, 4.69) is 38.7 Å². The average Bonchev–Trinajstić information content (AvgIpc) is 2.72. The van der Waals surface area contributed by atoms with Crippen LogP contribution in [0.5, 0.6) is 0 Å². The van der Waals surface area contributed by atoms with Crippen molar-refractivity contribution < 1.29 is 0 Å². The van der Waals surface area contributed by atoms with E-state index in [1.807, 2.05) is 79.7 Å². The Morgan fingerprint density at radius 2 is 1.00 bits per heavy atom. The lowest BCUT2D eigenvalue weighted by atomic mass is 10.1. The van der Waals surface area contributed by atoms with E-state index in [9.17, 15) is 0 Å². The zero-order valence-corrected chi connectivity index (χ0v) is 14.9. The van der Waals surface area contributed by atoms with E-state index in [4.69, 9.17) is 0 Å². The zero-order valence-electron chi connectivity index (χ0n) is 14.9. The molecule has 0 unspecified atom stereocenters. The van der Waals surface area contributed by atoms with Crippen LogP contribution in [0, 0.1) is 6.92 Å². The molecule has 0 spiro atoms. The molecule has 4 aromatic carbocycles. The topological polar surface area (TPSA) is 49.4 Å². The average molecular weight is 350 g/mol. The van der Waals surface area contributed by atoms with Gasteiger partial charge >= 0.3 is 0 Å². The van der Waals surface area contributed by atoms with Gasteiger partial charge in [-0.1, -0.05) is 54.1 Å². The smallest absolute Gasteiger partial charge is 0.0935 e. The molecule has 0 aliphatic carbocycles. The summed E-state index contributed by atoms with van der Waals surface area (Å²) in [6.07, 6.45) is 0. The van der Waals surface area contributed by atoms with Gasteiger partial charge in [0.1, 0.15) is 0 Å². The van der Waals surface area contributed by atoms with Crippen LogP contribution in [0.1, 0.15) is 5.56 Å². The monoisotopic (exact) mass is 350 g/mol. The molecular weight excluding hydrogens is 332 g/mol. The number of fused-ring (bicyclic) bond motifs is 1. The maximum Gasteiger partial charge on any atom is 0.0935 e. The Bertz CT molecular complexity index is 1110. The lowest BCUT2D eigenvalue weighted by Crippen LogP contribution is -1.72. The largest absolute Gasteiger partial charge is 0.151 e.